The Morgan fingerprint density at radius 2 is 1.73 bits per heavy atom. The lowest BCUT2D eigenvalue weighted by Gasteiger charge is -2.07. The average molecular weight is 198 g/mol. The topological polar surface area (TPSA) is 25.8 Å². The number of aromatic nitrogens is 2. The second-order valence-electron chi connectivity index (χ2n) is 4.51. The van der Waals surface area contributed by atoms with Crippen molar-refractivity contribution in [1.82, 2.24) is 9.97 Å². The first-order valence-electron chi connectivity index (χ1n) is 5.51. The number of para-hydroxylation sites is 2. The molecule has 2 nitrogen and oxygen atoms in total. The summed E-state index contributed by atoms with van der Waals surface area (Å²) in [6, 6.07) is 8.12. The van der Waals surface area contributed by atoms with Gasteiger partial charge in [-0.1, -0.05) is 26.0 Å². The van der Waals surface area contributed by atoms with Gasteiger partial charge in [-0.05, 0) is 24.5 Å². The van der Waals surface area contributed by atoms with E-state index in [2.05, 4.69) is 13.8 Å². The van der Waals surface area contributed by atoms with Gasteiger partial charge in [0.15, 0.2) is 0 Å². The Bertz CT molecular complexity index is 519. The molecule has 1 aliphatic carbocycles. The van der Waals surface area contributed by atoms with Crippen LogP contribution in [0.5, 0.6) is 0 Å². The lowest BCUT2D eigenvalue weighted by molar-refractivity contribution is 0.525. The highest BCUT2D eigenvalue weighted by molar-refractivity contribution is 5.74. The Labute approximate surface area is 89.4 Å². The van der Waals surface area contributed by atoms with Gasteiger partial charge in [0.05, 0.1) is 22.4 Å². The summed E-state index contributed by atoms with van der Waals surface area (Å²) in [4.78, 5) is 9.42. The molecule has 3 rings (SSSR count). The number of hydrogen-bond acceptors (Lipinski definition) is 2. The molecule has 1 heterocycles. The maximum absolute atomic E-state index is 4.72. The van der Waals surface area contributed by atoms with Crippen LogP contribution in [-0.4, -0.2) is 9.97 Å². The molecule has 15 heavy (non-hydrogen) atoms. The van der Waals surface area contributed by atoms with Crippen molar-refractivity contribution in [3.8, 4) is 0 Å². The number of fused-ring (bicyclic) bond motifs is 2. The first-order chi connectivity index (χ1) is 7.25. The Hall–Kier alpha value is -1.44. The van der Waals surface area contributed by atoms with Gasteiger partial charge < -0.3 is 0 Å². The highest BCUT2D eigenvalue weighted by atomic mass is 14.8. The fourth-order valence-corrected chi connectivity index (χ4v) is 2.32. The predicted molar refractivity (Wildman–Crippen MR) is 60.8 cm³/mol. The summed E-state index contributed by atoms with van der Waals surface area (Å²) < 4.78 is 0. The third kappa shape index (κ3) is 1.24. The lowest BCUT2D eigenvalue weighted by atomic mass is 9.99. The second-order valence-corrected chi connectivity index (χ2v) is 4.51. The van der Waals surface area contributed by atoms with Gasteiger partial charge in [-0.15, -0.1) is 0 Å². The van der Waals surface area contributed by atoms with Crippen LogP contribution in [0.25, 0.3) is 11.0 Å². The van der Waals surface area contributed by atoms with E-state index in [4.69, 9.17) is 9.97 Å². The second kappa shape index (κ2) is 3.02. The first kappa shape index (κ1) is 8.84. The Morgan fingerprint density at radius 3 is 2.47 bits per heavy atom. The molecule has 0 unspecified atom stereocenters. The molecule has 76 valence electrons. The third-order valence-corrected chi connectivity index (χ3v) is 3.47. The minimum Gasteiger partial charge on any atom is -0.249 e. The highest BCUT2D eigenvalue weighted by Crippen LogP contribution is 2.35. The van der Waals surface area contributed by atoms with Crippen molar-refractivity contribution in [1.29, 1.82) is 0 Å². The van der Waals surface area contributed by atoms with Crippen LogP contribution in [0.4, 0.5) is 0 Å². The number of hydrogen-bond donors (Lipinski definition) is 0. The van der Waals surface area contributed by atoms with E-state index in [9.17, 15) is 0 Å². The Balaban J connectivity index is 2.27. The van der Waals surface area contributed by atoms with Gasteiger partial charge in [0.2, 0.25) is 0 Å². The number of benzene rings is 1. The maximum atomic E-state index is 4.72. The van der Waals surface area contributed by atoms with Crippen LogP contribution in [-0.2, 0) is 6.42 Å². The molecular formula is C13H14N2. The van der Waals surface area contributed by atoms with Crippen molar-refractivity contribution in [3.63, 3.8) is 0 Å². The summed E-state index contributed by atoms with van der Waals surface area (Å²) in [5.74, 6) is 1.23. The molecule has 0 saturated heterocycles. The molecule has 1 aliphatic rings. The molecule has 1 aromatic carbocycles. The fraction of sp³-hybridized carbons (Fsp3) is 0.385. The maximum Gasteiger partial charge on any atom is 0.0890 e. The third-order valence-electron chi connectivity index (χ3n) is 3.47. The van der Waals surface area contributed by atoms with Gasteiger partial charge in [0.25, 0.3) is 0 Å². The van der Waals surface area contributed by atoms with E-state index in [-0.39, 0.29) is 0 Å². The molecule has 0 saturated carbocycles. The Morgan fingerprint density at radius 1 is 1.07 bits per heavy atom. The molecule has 0 aliphatic heterocycles. The van der Waals surface area contributed by atoms with Gasteiger partial charge in [0.1, 0.15) is 0 Å². The number of nitrogens with zero attached hydrogens (tertiary/aromatic N) is 2. The molecule has 0 fully saturated rings. The Kier molecular flexibility index (Phi) is 1.78. The quantitative estimate of drug-likeness (QED) is 0.650. The zero-order chi connectivity index (χ0) is 10.4. The smallest absolute Gasteiger partial charge is 0.0890 e. The van der Waals surface area contributed by atoms with Crippen molar-refractivity contribution < 1.29 is 0 Å². The van der Waals surface area contributed by atoms with Gasteiger partial charge in [0, 0.05) is 5.92 Å². The van der Waals surface area contributed by atoms with E-state index in [1.807, 2.05) is 24.3 Å². The molecule has 2 heteroatoms. The minimum absolute atomic E-state index is 0.553. The van der Waals surface area contributed by atoms with Crippen LogP contribution in [0.2, 0.25) is 0 Å². The average Bonchev–Trinajstić information content (AvgIpc) is 2.52. The molecule has 0 spiro atoms. The standard InChI is InChI=1S/C13H14N2/c1-8-7-12-13(9(8)2)15-11-6-4-3-5-10(11)14-12/h3-6,8-9H,7H2,1-2H3/t8-,9-/m0/s1. The fourth-order valence-electron chi connectivity index (χ4n) is 2.32. The van der Waals surface area contributed by atoms with E-state index in [0.717, 1.165) is 17.5 Å². The molecule has 0 radical (unpaired) electrons. The monoisotopic (exact) mass is 198 g/mol. The van der Waals surface area contributed by atoms with Crippen LogP contribution < -0.4 is 0 Å². The van der Waals surface area contributed by atoms with E-state index in [0.29, 0.717) is 11.8 Å². The van der Waals surface area contributed by atoms with E-state index in [1.54, 1.807) is 0 Å². The predicted octanol–water partition coefficient (Wildman–Crippen LogP) is 2.93. The van der Waals surface area contributed by atoms with E-state index < -0.39 is 0 Å². The largest absolute Gasteiger partial charge is 0.249 e. The van der Waals surface area contributed by atoms with Gasteiger partial charge >= 0.3 is 0 Å². The molecule has 0 N–H and O–H groups in total. The molecule has 2 aromatic rings. The summed E-state index contributed by atoms with van der Waals surface area (Å²) in [7, 11) is 0. The number of rotatable bonds is 0. The normalized spacial score (nSPS) is 24.4. The van der Waals surface area contributed by atoms with Crippen molar-refractivity contribution in [2.45, 2.75) is 26.2 Å². The summed E-state index contributed by atoms with van der Waals surface area (Å²) in [5, 5.41) is 0. The summed E-state index contributed by atoms with van der Waals surface area (Å²) in [5.41, 5.74) is 4.46. The van der Waals surface area contributed by atoms with Crippen molar-refractivity contribution in [2.75, 3.05) is 0 Å². The van der Waals surface area contributed by atoms with Gasteiger partial charge in [-0.3, -0.25) is 0 Å². The molecule has 0 amide bonds. The van der Waals surface area contributed by atoms with E-state index >= 15 is 0 Å². The zero-order valence-electron chi connectivity index (χ0n) is 9.07. The van der Waals surface area contributed by atoms with Gasteiger partial charge in [-0.25, -0.2) is 9.97 Å². The molecule has 0 bridgehead atoms. The lowest BCUT2D eigenvalue weighted by Crippen LogP contribution is -1.99. The van der Waals surface area contributed by atoms with Crippen molar-refractivity contribution in [2.24, 2.45) is 5.92 Å². The highest BCUT2D eigenvalue weighted by Gasteiger charge is 2.28. The molecule has 1 aromatic heterocycles. The summed E-state index contributed by atoms with van der Waals surface area (Å²) in [6.45, 7) is 4.53. The molecular weight excluding hydrogens is 184 g/mol. The van der Waals surface area contributed by atoms with Crippen molar-refractivity contribution in [3.05, 3.63) is 35.7 Å². The first-order valence-corrected chi connectivity index (χ1v) is 5.51. The van der Waals surface area contributed by atoms with Crippen LogP contribution in [0, 0.1) is 5.92 Å². The molecule has 2 atom stereocenters. The van der Waals surface area contributed by atoms with Crippen LogP contribution >= 0.6 is 0 Å². The van der Waals surface area contributed by atoms with Crippen LogP contribution in [0.3, 0.4) is 0 Å². The minimum atomic E-state index is 0.553. The SMILES string of the molecule is C[C@@H]1c2nc3ccccc3nc2C[C@@H]1C. The van der Waals surface area contributed by atoms with Crippen LogP contribution in [0.1, 0.15) is 31.2 Å². The van der Waals surface area contributed by atoms with Crippen molar-refractivity contribution >= 4 is 11.0 Å². The van der Waals surface area contributed by atoms with E-state index in [1.165, 1.54) is 11.4 Å². The zero-order valence-corrected chi connectivity index (χ0v) is 9.07. The van der Waals surface area contributed by atoms with Gasteiger partial charge in [-0.2, -0.15) is 0 Å². The summed E-state index contributed by atoms with van der Waals surface area (Å²) in [6.07, 6.45) is 1.08. The summed E-state index contributed by atoms with van der Waals surface area (Å²) >= 11 is 0. The van der Waals surface area contributed by atoms with Crippen LogP contribution in [0.15, 0.2) is 24.3 Å².